The summed E-state index contributed by atoms with van der Waals surface area (Å²) in [6.45, 7) is 0. The maximum Gasteiger partial charge on any atom is 0.127 e. The van der Waals surface area contributed by atoms with E-state index < -0.39 is 16.9 Å². The molecule has 1 unspecified atom stereocenters. The largest absolute Gasteiger partial charge is 0.772 e. The van der Waals surface area contributed by atoms with Crippen LogP contribution < -0.4 is 0 Å². The Bertz CT molecular complexity index is 883. The van der Waals surface area contributed by atoms with Gasteiger partial charge in [-0.2, -0.15) is 5.26 Å². The summed E-state index contributed by atoms with van der Waals surface area (Å²) < 4.78 is 35.7. The molecule has 2 aromatic rings. The molecular formula is C19H15FNO2S-. The zero-order valence-corrected chi connectivity index (χ0v) is 13.7. The van der Waals surface area contributed by atoms with Crippen LogP contribution in [0.15, 0.2) is 42.5 Å². The number of halogens is 1. The van der Waals surface area contributed by atoms with E-state index in [4.69, 9.17) is 5.26 Å². The van der Waals surface area contributed by atoms with Crippen LogP contribution in [-0.2, 0) is 16.8 Å². The van der Waals surface area contributed by atoms with E-state index in [-0.39, 0.29) is 11.3 Å². The average Bonchev–Trinajstić information content (AvgIpc) is 3.06. The minimum absolute atomic E-state index is 0.179. The van der Waals surface area contributed by atoms with Crippen LogP contribution in [-0.4, -0.2) is 8.76 Å². The van der Waals surface area contributed by atoms with Gasteiger partial charge >= 0.3 is 0 Å². The lowest BCUT2D eigenvalue weighted by Gasteiger charge is -2.11. The number of rotatable bonds is 4. The van der Waals surface area contributed by atoms with Crippen molar-refractivity contribution in [3.63, 3.8) is 0 Å². The van der Waals surface area contributed by atoms with Crippen molar-refractivity contribution in [2.75, 3.05) is 0 Å². The fourth-order valence-electron chi connectivity index (χ4n) is 3.14. The van der Waals surface area contributed by atoms with Crippen molar-refractivity contribution in [1.82, 2.24) is 0 Å². The molecular weight excluding hydrogens is 325 g/mol. The van der Waals surface area contributed by atoms with E-state index in [0.717, 1.165) is 41.5 Å². The third-order valence-corrected chi connectivity index (χ3v) is 4.78. The SMILES string of the molecule is N#Cc1cccc(C2=C(c3ccc(CS(=O)[O-])c(F)c3)CCC2)c1. The zero-order valence-electron chi connectivity index (χ0n) is 12.9. The minimum Gasteiger partial charge on any atom is -0.772 e. The van der Waals surface area contributed by atoms with Gasteiger partial charge in [-0.25, -0.2) is 4.39 Å². The highest BCUT2D eigenvalue weighted by Gasteiger charge is 2.19. The molecule has 0 amide bonds. The van der Waals surface area contributed by atoms with Gasteiger partial charge in [-0.05, 0) is 65.3 Å². The van der Waals surface area contributed by atoms with E-state index in [1.807, 2.05) is 18.2 Å². The second kappa shape index (κ2) is 7.08. The van der Waals surface area contributed by atoms with Crippen molar-refractivity contribution < 1.29 is 13.2 Å². The summed E-state index contributed by atoms with van der Waals surface area (Å²) in [6, 6.07) is 14.3. The van der Waals surface area contributed by atoms with Crippen LogP contribution in [0.4, 0.5) is 4.39 Å². The monoisotopic (exact) mass is 340 g/mol. The van der Waals surface area contributed by atoms with Gasteiger partial charge in [0, 0.05) is 5.75 Å². The summed E-state index contributed by atoms with van der Waals surface area (Å²) in [7, 11) is 0. The van der Waals surface area contributed by atoms with Crippen molar-refractivity contribution in [3.05, 3.63) is 70.5 Å². The fraction of sp³-hybridized carbons (Fsp3) is 0.211. The molecule has 3 nitrogen and oxygen atoms in total. The molecule has 0 radical (unpaired) electrons. The first-order valence-corrected chi connectivity index (χ1v) is 8.90. The molecule has 0 N–H and O–H groups in total. The Labute approximate surface area is 142 Å². The standard InChI is InChI=1S/C19H16FNO2S/c20-19-10-15(7-8-16(19)12-24(22)23)18-6-2-5-17(18)14-4-1-3-13(9-14)11-21/h1,3-4,7-10H,2,5-6,12H2,(H,22,23)/p-1. The Kier molecular flexibility index (Phi) is 4.89. The van der Waals surface area contributed by atoms with Crippen LogP contribution in [0.2, 0.25) is 0 Å². The van der Waals surface area contributed by atoms with Crippen LogP contribution in [0.3, 0.4) is 0 Å². The molecule has 0 aromatic heterocycles. The minimum atomic E-state index is -2.31. The molecule has 1 aliphatic carbocycles. The Morgan fingerprint density at radius 3 is 2.46 bits per heavy atom. The molecule has 0 aliphatic heterocycles. The Balaban J connectivity index is 2.02. The van der Waals surface area contributed by atoms with Gasteiger partial charge in [-0.3, -0.25) is 4.21 Å². The van der Waals surface area contributed by atoms with E-state index in [0.29, 0.717) is 5.56 Å². The highest BCUT2D eigenvalue weighted by molar-refractivity contribution is 7.78. The normalized spacial score (nSPS) is 15.4. The van der Waals surface area contributed by atoms with Crippen molar-refractivity contribution in [2.45, 2.75) is 25.0 Å². The average molecular weight is 340 g/mol. The third-order valence-electron chi connectivity index (χ3n) is 4.23. The Hall–Kier alpha value is -2.29. The molecule has 0 saturated carbocycles. The molecule has 0 bridgehead atoms. The lowest BCUT2D eigenvalue weighted by molar-refractivity contribution is 0.533. The van der Waals surface area contributed by atoms with Gasteiger partial charge in [0.15, 0.2) is 0 Å². The molecule has 0 saturated heterocycles. The van der Waals surface area contributed by atoms with E-state index in [9.17, 15) is 13.2 Å². The van der Waals surface area contributed by atoms with E-state index in [2.05, 4.69) is 6.07 Å². The Morgan fingerprint density at radius 2 is 1.83 bits per heavy atom. The van der Waals surface area contributed by atoms with Crippen molar-refractivity contribution in [1.29, 1.82) is 5.26 Å². The predicted octanol–water partition coefficient (Wildman–Crippen LogP) is 4.17. The molecule has 2 aromatic carbocycles. The second-order valence-corrected chi connectivity index (χ2v) is 6.65. The molecule has 1 aliphatic rings. The van der Waals surface area contributed by atoms with Gasteiger partial charge in [0.2, 0.25) is 0 Å². The summed E-state index contributed by atoms with van der Waals surface area (Å²) in [5, 5.41) is 9.06. The van der Waals surface area contributed by atoms with Crippen molar-refractivity contribution in [3.8, 4) is 6.07 Å². The van der Waals surface area contributed by atoms with Crippen LogP contribution in [0.5, 0.6) is 0 Å². The van der Waals surface area contributed by atoms with Crippen molar-refractivity contribution in [2.24, 2.45) is 0 Å². The number of benzene rings is 2. The maximum absolute atomic E-state index is 14.2. The van der Waals surface area contributed by atoms with E-state index in [1.54, 1.807) is 12.1 Å². The van der Waals surface area contributed by atoms with Crippen LogP contribution in [0.1, 0.15) is 41.5 Å². The number of hydrogen-bond donors (Lipinski definition) is 0. The third kappa shape index (κ3) is 3.45. The zero-order chi connectivity index (χ0) is 17.1. The topological polar surface area (TPSA) is 63.9 Å². The summed E-state index contributed by atoms with van der Waals surface area (Å²) in [5.41, 5.74) is 4.75. The van der Waals surface area contributed by atoms with Gasteiger partial charge in [-0.15, -0.1) is 0 Å². The Morgan fingerprint density at radius 1 is 1.12 bits per heavy atom. The summed E-state index contributed by atoms with van der Waals surface area (Å²) in [5.74, 6) is -0.816. The first-order chi connectivity index (χ1) is 11.6. The van der Waals surface area contributed by atoms with Gasteiger partial charge in [0.25, 0.3) is 0 Å². The smallest absolute Gasteiger partial charge is 0.127 e. The molecule has 1 atom stereocenters. The van der Waals surface area contributed by atoms with Gasteiger partial charge in [0.05, 0.1) is 11.6 Å². The van der Waals surface area contributed by atoms with E-state index >= 15 is 0 Å². The fourth-order valence-corrected chi connectivity index (χ4v) is 3.62. The summed E-state index contributed by atoms with van der Waals surface area (Å²) in [6.07, 6.45) is 2.71. The maximum atomic E-state index is 14.2. The van der Waals surface area contributed by atoms with Gasteiger partial charge < -0.3 is 4.55 Å². The number of allylic oxidation sites excluding steroid dienone is 2. The highest BCUT2D eigenvalue weighted by Crippen LogP contribution is 2.40. The first-order valence-electron chi connectivity index (χ1n) is 7.65. The molecule has 0 heterocycles. The molecule has 3 rings (SSSR count). The highest BCUT2D eigenvalue weighted by atomic mass is 32.2. The molecule has 122 valence electrons. The molecule has 24 heavy (non-hydrogen) atoms. The quantitative estimate of drug-likeness (QED) is 0.785. The van der Waals surface area contributed by atoms with Crippen molar-refractivity contribution >= 4 is 22.2 Å². The molecule has 0 spiro atoms. The second-order valence-electron chi connectivity index (χ2n) is 5.76. The number of hydrogen-bond acceptors (Lipinski definition) is 3. The number of nitriles is 1. The lowest BCUT2D eigenvalue weighted by Crippen LogP contribution is -1.98. The van der Waals surface area contributed by atoms with Crippen LogP contribution in [0.25, 0.3) is 11.1 Å². The lowest BCUT2D eigenvalue weighted by atomic mass is 9.95. The summed E-state index contributed by atoms with van der Waals surface area (Å²) >= 11 is -2.31. The van der Waals surface area contributed by atoms with Crippen LogP contribution >= 0.6 is 0 Å². The predicted molar refractivity (Wildman–Crippen MR) is 90.8 cm³/mol. The van der Waals surface area contributed by atoms with Crippen LogP contribution in [0, 0.1) is 17.1 Å². The van der Waals surface area contributed by atoms with Gasteiger partial charge in [0.1, 0.15) is 5.82 Å². The van der Waals surface area contributed by atoms with Gasteiger partial charge in [-0.1, -0.05) is 35.3 Å². The van der Waals surface area contributed by atoms with E-state index in [1.165, 1.54) is 12.1 Å². The molecule has 0 fully saturated rings. The first kappa shape index (κ1) is 16.6. The summed E-state index contributed by atoms with van der Waals surface area (Å²) in [4.78, 5) is 0. The number of nitrogens with zero attached hydrogens (tertiary/aromatic N) is 1. The molecule has 5 heteroatoms.